The number of oxime groups is 1. The van der Waals surface area contributed by atoms with Gasteiger partial charge in [0, 0.05) is 29.8 Å². The quantitative estimate of drug-likeness (QED) is 0.402. The van der Waals surface area contributed by atoms with Crippen LogP contribution in [0.15, 0.2) is 78.1 Å². The Bertz CT molecular complexity index is 872. The van der Waals surface area contributed by atoms with Crippen molar-refractivity contribution in [3.8, 4) is 0 Å². The molecule has 0 bridgehead atoms. The molecule has 3 nitrogen and oxygen atoms in total. The standard InChI is InChI=1S/C22H22N2O/c1-16-8-6-7-11-20(16)21(18-9-4-3-5-10-18)15-22(24-25)19-12-13-23-17(2)14-19/h3-14,21,25H,15H2,1-2H3/b24-22+/t21-/m1/s1. The predicted molar refractivity (Wildman–Crippen MR) is 101 cm³/mol. The van der Waals surface area contributed by atoms with E-state index in [9.17, 15) is 5.21 Å². The fraction of sp³-hybridized carbons (Fsp3) is 0.182. The number of pyridine rings is 1. The summed E-state index contributed by atoms with van der Waals surface area (Å²) in [5.74, 6) is 0.127. The van der Waals surface area contributed by atoms with E-state index in [2.05, 4.69) is 47.4 Å². The van der Waals surface area contributed by atoms with Gasteiger partial charge in [-0.3, -0.25) is 4.98 Å². The van der Waals surface area contributed by atoms with E-state index in [1.54, 1.807) is 6.20 Å². The van der Waals surface area contributed by atoms with Gasteiger partial charge < -0.3 is 5.21 Å². The van der Waals surface area contributed by atoms with Gasteiger partial charge in [-0.15, -0.1) is 0 Å². The molecule has 3 heteroatoms. The van der Waals surface area contributed by atoms with Crippen LogP contribution >= 0.6 is 0 Å². The molecule has 1 heterocycles. The highest BCUT2D eigenvalue weighted by molar-refractivity contribution is 6.00. The molecule has 25 heavy (non-hydrogen) atoms. The number of benzene rings is 2. The molecule has 0 aliphatic rings. The molecule has 3 aromatic rings. The molecule has 0 aliphatic heterocycles. The second kappa shape index (κ2) is 7.75. The van der Waals surface area contributed by atoms with Gasteiger partial charge in [0.1, 0.15) is 0 Å². The van der Waals surface area contributed by atoms with Crippen LogP contribution in [-0.2, 0) is 0 Å². The summed E-state index contributed by atoms with van der Waals surface area (Å²) in [6, 6.07) is 22.6. The molecule has 126 valence electrons. The van der Waals surface area contributed by atoms with Crippen LogP contribution in [0.5, 0.6) is 0 Å². The fourth-order valence-electron chi connectivity index (χ4n) is 3.21. The minimum atomic E-state index is 0.127. The first-order valence-corrected chi connectivity index (χ1v) is 8.43. The first-order chi connectivity index (χ1) is 12.2. The Morgan fingerprint density at radius 1 is 1.00 bits per heavy atom. The van der Waals surface area contributed by atoms with Gasteiger partial charge >= 0.3 is 0 Å². The Morgan fingerprint density at radius 2 is 1.72 bits per heavy atom. The van der Waals surface area contributed by atoms with Crippen LogP contribution in [0.3, 0.4) is 0 Å². The van der Waals surface area contributed by atoms with Crippen molar-refractivity contribution < 1.29 is 5.21 Å². The highest BCUT2D eigenvalue weighted by Crippen LogP contribution is 2.31. The SMILES string of the molecule is Cc1cc(/C(C[C@H](c2ccccc2)c2ccccc2C)=N/O)ccn1. The molecule has 0 aliphatic carbocycles. The maximum Gasteiger partial charge on any atom is 0.0878 e. The number of hydrogen-bond acceptors (Lipinski definition) is 3. The van der Waals surface area contributed by atoms with E-state index >= 15 is 0 Å². The lowest BCUT2D eigenvalue weighted by Gasteiger charge is -2.21. The topological polar surface area (TPSA) is 45.5 Å². The van der Waals surface area contributed by atoms with Crippen molar-refractivity contribution in [2.45, 2.75) is 26.2 Å². The molecule has 0 spiro atoms. The average Bonchev–Trinajstić information content (AvgIpc) is 2.64. The van der Waals surface area contributed by atoms with Crippen molar-refractivity contribution in [1.29, 1.82) is 0 Å². The van der Waals surface area contributed by atoms with E-state index < -0.39 is 0 Å². The third-order valence-electron chi connectivity index (χ3n) is 4.51. The van der Waals surface area contributed by atoms with Crippen LogP contribution in [-0.4, -0.2) is 15.9 Å². The van der Waals surface area contributed by atoms with Gasteiger partial charge in [0.25, 0.3) is 0 Å². The first kappa shape index (κ1) is 16.9. The third kappa shape index (κ3) is 3.94. The predicted octanol–water partition coefficient (Wildman–Crippen LogP) is 5.10. The third-order valence-corrected chi connectivity index (χ3v) is 4.51. The first-order valence-electron chi connectivity index (χ1n) is 8.43. The molecule has 0 radical (unpaired) electrons. The summed E-state index contributed by atoms with van der Waals surface area (Å²) in [6.45, 7) is 4.06. The summed E-state index contributed by atoms with van der Waals surface area (Å²) >= 11 is 0. The average molecular weight is 330 g/mol. The highest BCUT2D eigenvalue weighted by atomic mass is 16.4. The molecule has 1 atom stereocenters. The zero-order valence-corrected chi connectivity index (χ0v) is 14.6. The van der Waals surface area contributed by atoms with Gasteiger partial charge in [-0.25, -0.2) is 0 Å². The Balaban J connectivity index is 2.02. The summed E-state index contributed by atoms with van der Waals surface area (Å²) in [6.07, 6.45) is 2.37. The summed E-state index contributed by atoms with van der Waals surface area (Å²) in [4.78, 5) is 4.23. The minimum Gasteiger partial charge on any atom is -0.411 e. The molecule has 2 aromatic carbocycles. The summed E-state index contributed by atoms with van der Waals surface area (Å²) < 4.78 is 0. The van der Waals surface area contributed by atoms with Crippen molar-refractivity contribution >= 4 is 5.71 Å². The Kier molecular flexibility index (Phi) is 5.24. The summed E-state index contributed by atoms with van der Waals surface area (Å²) in [5.41, 5.74) is 6.18. The van der Waals surface area contributed by atoms with Gasteiger partial charge in [0.05, 0.1) is 5.71 Å². The van der Waals surface area contributed by atoms with Crippen molar-refractivity contribution in [1.82, 2.24) is 4.98 Å². The van der Waals surface area contributed by atoms with Gasteiger partial charge in [-0.05, 0) is 42.7 Å². The number of rotatable bonds is 5. The van der Waals surface area contributed by atoms with E-state index in [-0.39, 0.29) is 5.92 Å². The molecular formula is C22H22N2O. The fourth-order valence-corrected chi connectivity index (χ4v) is 3.21. The monoisotopic (exact) mass is 330 g/mol. The van der Waals surface area contributed by atoms with E-state index in [0.29, 0.717) is 12.1 Å². The van der Waals surface area contributed by atoms with E-state index in [0.717, 1.165) is 11.3 Å². The van der Waals surface area contributed by atoms with Crippen molar-refractivity contribution in [3.63, 3.8) is 0 Å². The molecule has 0 saturated carbocycles. The number of nitrogens with zero attached hydrogens (tertiary/aromatic N) is 2. The van der Waals surface area contributed by atoms with Gasteiger partial charge in [0.15, 0.2) is 0 Å². The lowest BCUT2D eigenvalue weighted by Crippen LogP contribution is -2.12. The van der Waals surface area contributed by atoms with Crippen molar-refractivity contribution in [2.24, 2.45) is 5.16 Å². The Morgan fingerprint density at radius 3 is 2.40 bits per heavy atom. The molecule has 0 unspecified atom stereocenters. The lowest BCUT2D eigenvalue weighted by atomic mass is 9.83. The highest BCUT2D eigenvalue weighted by Gasteiger charge is 2.20. The smallest absolute Gasteiger partial charge is 0.0878 e. The van der Waals surface area contributed by atoms with Crippen LogP contribution in [0.25, 0.3) is 0 Å². The zero-order valence-electron chi connectivity index (χ0n) is 14.6. The van der Waals surface area contributed by atoms with Gasteiger partial charge in [0.2, 0.25) is 0 Å². The lowest BCUT2D eigenvalue weighted by molar-refractivity contribution is 0.317. The Labute approximate surface area is 148 Å². The number of hydrogen-bond donors (Lipinski definition) is 1. The van der Waals surface area contributed by atoms with Crippen molar-refractivity contribution in [3.05, 3.63) is 101 Å². The number of aryl methyl sites for hydroxylation is 2. The van der Waals surface area contributed by atoms with E-state index in [4.69, 9.17) is 0 Å². The molecule has 0 saturated heterocycles. The second-order valence-corrected chi connectivity index (χ2v) is 6.26. The van der Waals surface area contributed by atoms with Crippen LogP contribution in [0, 0.1) is 13.8 Å². The molecule has 0 fully saturated rings. The molecule has 0 amide bonds. The van der Waals surface area contributed by atoms with Gasteiger partial charge in [-0.2, -0.15) is 0 Å². The Hall–Kier alpha value is -2.94. The summed E-state index contributed by atoms with van der Waals surface area (Å²) in [7, 11) is 0. The van der Waals surface area contributed by atoms with E-state index in [1.165, 1.54) is 16.7 Å². The largest absolute Gasteiger partial charge is 0.411 e. The van der Waals surface area contributed by atoms with Crippen molar-refractivity contribution in [2.75, 3.05) is 0 Å². The minimum absolute atomic E-state index is 0.127. The van der Waals surface area contributed by atoms with E-state index in [1.807, 2.05) is 43.3 Å². The normalized spacial score (nSPS) is 12.8. The van der Waals surface area contributed by atoms with Crippen LogP contribution < -0.4 is 0 Å². The molecule has 1 aromatic heterocycles. The summed E-state index contributed by atoms with van der Waals surface area (Å²) in [5, 5.41) is 13.3. The molecule has 3 rings (SSSR count). The zero-order chi connectivity index (χ0) is 17.6. The molecule has 1 N–H and O–H groups in total. The number of aromatic nitrogens is 1. The maximum absolute atomic E-state index is 9.65. The molecular weight excluding hydrogens is 308 g/mol. The second-order valence-electron chi connectivity index (χ2n) is 6.26. The van der Waals surface area contributed by atoms with Crippen LogP contribution in [0.1, 0.15) is 40.3 Å². The van der Waals surface area contributed by atoms with Crippen LogP contribution in [0.4, 0.5) is 0 Å². The maximum atomic E-state index is 9.65. The van der Waals surface area contributed by atoms with Gasteiger partial charge in [-0.1, -0.05) is 59.8 Å². The van der Waals surface area contributed by atoms with Crippen LogP contribution in [0.2, 0.25) is 0 Å².